The molecule has 0 bridgehead atoms. The molecule has 2 aromatic heterocycles. The highest BCUT2D eigenvalue weighted by Gasteiger charge is 2.23. The predicted octanol–water partition coefficient (Wildman–Crippen LogP) is 2.05. The maximum absolute atomic E-state index is 5.79. The Morgan fingerprint density at radius 3 is 3.00 bits per heavy atom. The number of ether oxygens (including phenoxy) is 3. The molecule has 0 amide bonds. The maximum atomic E-state index is 5.79. The van der Waals surface area contributed by atoms with Crippen molar-refractivity contribution in [3.05, 3.63) is 29.7 Å². The molecule has 7 heteroatoms. The predicted molar refractivity (Wildman–Crippen MR) is 80.8 cm³/mol. The Labute approximate surface area is 132 Å². The Kier molecular flexibility index (Phi) is 3.49. The second-order valence-electron chi connectivity index (χ2n) is 5.23. The third kappa shape index (κ3) is 2.68. The van der Waals surface area contributed by atoms with Crippen molar-refractivity contribution in [3.63, 3.8) is 0 Å². The van der Waals surface area contributed by atoms with E-state index in [0.29, 0.717) is 36.7 Å². The van der Waals surface area contributed by atoms with Crippen LogP contribution in [0, 0.1) is 6.92 Å². The standard InChI is InChI=1S/C15H15N3O3S/c1-9-4-14-13(7-16-9)21-8-11(22-14)5-10-6-12-15(18-17-10)20-3-2-19-12/h4,6-7,11H,2-3,5,8H2,1H3. The van der Waals surface area contributed by atoms with Crippen molar-refractivity contribution in [2.75, 3.05) is 19.8 Å². The first-order chi connectivity index (χ1) is 10.8. The van der Waals surface area contributed by atoms with Crippen LogP contribution in [-0.4, -0.2) is 40.3 Å². The molecule has 0 aliphatic carbocycles. The van der Waals surface area contributed by atoms with E-state index < -0.39 is 0 Å². The summed E-state index contributed by atoms with van der Waals surface area (Å²) in [6.07, 6.45) is 2.56. The quantitative estimate of drug-likeness (QED) is 0.839. The normalized spacial score (nSPS) is 19.2. The van der Waals surface area contributed by atoms with Crippen LogP contribution in [0.1, 0.15) is 11.4 Å². The number of pyridine rings is 1. The Morgan fingerprint density at radius 2 is 2.05 bits per heavy atom. The molecule has 1 unspecified atom stereocenters. The summed E-state index contributed by atoms with van der Waals surface area (Å²) in [7, 11) is 0. The van der Waals surface area contributed by atoms with Gasteiger partial charge in [0, 0.05) is 23.4 Å². The lowest BCUT2D eigenvalue weighted by Crippen LogP contribution is -2.23. The van der Waals surface area contributed by atoms with Crippen molar-refractivity contribution >= 4 is 11.8 Å². The zero-order chi connectivity index (χ0) is 14.9. The fraction of sp³-hybridized carbons (Fsp3) is 0.400. The Balaban J connectivity index is 1.50. The van der Waals surface area contributed by atoms with Gasteiger partial charge in [-0.15, -0.1) is 16.9 Å². The van der Waals surface area contributed by atoms with Crippen molar-refractivity contribution < 1.29 is 14.2 Å². The highest BCUT2D eigenvalue weighted by molar-refractivity contribution is 8.00. The average Bonchev–Trinajstić information content (AvgIpc) is 2.54. The maximum Gasteiger partial charge on any atom is 0.276 e. The zero-order valence-corrected chi connectivity index (χ0v) is 12.9. The fourth-order valence-corrected chi connectivity index (χ4v) is 3.66. The van der Waals surface area contributed by atoms with Crippen LogP contribution in [0.4, 0.5) is 0 Å². The average molecular weight is 317 g/mol. The summed E-state index contributed by atoms with van der Waals surface area (Å²) >= 11 is 1.80. The minimum absolute atomic E-state index is 0.297. The van der Waals surface area contributed by atoms with Gasteiger partial charge < -0.3 is 14.2 Å². The van der Waals surface area contributed by atoms with Crippen LogP contribution in [0.25, 0.3) is 0 Å². The first-order valence-corrected chi connectivity index (χ1v) is 8.04. The molecule has 0 saturated carbocycles. The molecule has 0 spiro atoms. The summed E-state index contributed by atoms with van der Waals surface area (Å²) in [4.78, 5) is 5.39. The van der Waals surface area contributed by atoms with Crippen LogP contribution in [0.3, 0.4) is 0 Å². The molecule has 1 atom stereocenters. The Morgan fingerprint density at radius 1 is 1.14 bits per heavy atom. The number of hydrogen-bond acceptors (Lipinski definition) is 7. The molecule has 4 rings (SSSR count). The van der Waals surface area contributed by atoms with Crippen molar-refractivity contribution in [1.82, 2.24) is 15.2 Å². The van der Waals surface area contributed by atoms with Gasteiger partial charge in [-0.3, -0.25) is 4.98 Å². The Hall–Kier alpha value is -2.02. The van der Waals surface area contributed by atoms with Crippen LogP contribution in [0.15, 0.2) is 23.2 Å². The molecule has 0 saturated heterocycles. The van der Waals surface area contributed by atoms with Gasteiger partial charge in [-0.1, -0.05) is 0 Å². The summed E-state index contributed by atoms with van der Waals surface area (Å²) in [6.45, 7) is 3.70. The second-order valence-corrected chi connectivity index (χ2v) is 6.57. The van der Waals surface area contributed by atoms with Crippen LogP contribution in [-0.2, 0) is 6.42 Å². The van der Waals surface area contributed by atoms with E-state index in [-0.39, 0.29) is 0 Å². The first kappa shape index (κ1) is 13.6. The van der Waals surface area contributed by atoms with Gasteiger partial charge in [0.1, 0.15) is 19.8 Å². The molecule has 2 aromatic rings. The van der Waals surface area contributed by atoms with Gasteiger partial charge in [0.25, 0.3) is 5.88 Å². The van der Waals surface area contributed by atoms with E-state index in [1.807, 2.05) is 13.0 Å². The topological polar surface area (TPSA) is 66.4 Å². The molecule has 2 aliphatic heterocycles. The van der Waals surface area contributed by atoms with E-state index >= 15 is 0 Å². The van der Waals surface area contributed by atoms with Crippen LogP contribution in [0.5, 0.6) is 17.4 Å². The van der Waals surface area contributed by atoms with Gasteiger partial charge in [0.15, 0.2) is 11.5 Å². The first-order valence-electron chi connectivity index (χ1n) is 7.16. The van der Waals surface area contributed by atoms with E-state index in [1.54, 1.807) is 18.0 Å². The summed E-state index contributed by atoms with van der Waals surface area (Å²) in [5.74, 6) is 2.02. The summed E-state index contributed by atoms with van der Waals surface area (Å²) in [6, 6.07) is 3.97. The lowest BCUT2D eigenvalue weighted by atomic mass is 10.2. The molecule has 0 radical (unpaired) electrons. The van der Waals surface area contributed by atoms with E-state index in [4.69, 9.17) is 14.2 Å². The number of fused-ring (bicyclic) bond motifs is 2. The number of nitrogens with zero attached hydrogens (tertiary/aromatic N) is 3. The van der Waals surface area contributed by atoms with E-state index in [0.717, 1.165) is 28.5 Å². The summed E-state index contributed by atoms with van der Waals surface area (Å²) in [5.41, 5.74) is 1.88. The Bertz CT molecular complexity index is 710. The molecule has 114 valence electrons. The molecule has 2 aliphatic rings. The van der Waals surface area contributed by atoms with Gasteiger partial charge in [0.05, 0.1) is 16.8 Å². The third-order valence-electron chi connectivity index (χ3n) is 3.48. The van der Waals surface area contributed by atoms with Gasteiger partial charge in [0.2, 0.25) is 0 Å². The largest absolute Gasteiger partial charge is 0.490 e. The van der Waals surface area contributed by atoms with Crippen LogP contribution >= 0.6 is 11.8 Å². The lowest BCUT2D eigenvalue weighted by Gasteiger charge is -2.24. The fourth-order valence-electron chi connectivity index (χ4n) is 2.45. The highest BCUT2D eigenvalue weighted by atomic mass is 32.2. The smallest absolute Gasteiger partial charge is 0.276 e. The van der Waals surface area contributed by atoms with Gasteiger partial charge in [-0.25, -0.2) is 0 Å². The monoisotopic (exact) mass is 317 g/mol. The number of aromatic nitrogens is 3. The van der Waals surface area contributed by atoms with Crippen molar-refractivity contribution in [3.8, 4) is 17.4 Å². The highest BCUT2D eigenvalue weighted by Crippen LogP contribution is 2.38. The number of hydrogen-bond donors (Lipinski definition) is 0. The van der Waals surface area contributed by atoms with Gasteiger partial charge in [-0.2, -0.15) is 5.10 Å². The molecule has 0 fully saturated rings. The zero-order valence-electron chi connectivity index (χ0n) is 12.1. The van der Waals surface area contributed by atoms with Crippen molar-refractivity contribution in [2.24, 2.45) is 0 Å². The molecular formula is C15H15N3O3S. The van der Waals surface area contributed by atoms with Crippen LogP contribution < -0.4 is 14.2 Å². The third-order valence-corrected chi connectivity index (χ3v) is 4.69. The van der Waals surface area contributed by atoms with E-state index in [9.17, 15) is 0 Å². The summed E-state index contributed by atoms with van der Waals surface area (Å²) in [5, 5.41) is 8.61. The van der Waals surface area contributed by atoms with E-state index in [2.05, 4.69) is 21.2 Å². The van der Waals surface area contributed by atoms with Gasteiger partial charge in [-0.05, 0) is 13.0 Å². The number of aryl methyl sites for hydroxylation is 1. The molecule has 0 aromatic carbocycles. The van der Waals surface area contributed by atoms with Crippen molar-refractivity contribution in [1.29, 1.82) is 0 Å². The lowest BCUT2D eigenvalue weighted by molar-refractivity contribution is 0.162. The van der Waals surface area contributed by atoms with Gasteiger partial charge >= 0.3 is 0 Å². The minimum Gasteiger partial charge on any atom is -0.490 e. The molecule has 0 N–H and O–H groups in total. The van der Waals surface area contributed by atoms with Crippen molar-refractivity contribution in [2.45, 2.75) is 23.5 Å². The number of thioether (sulfide) groups is 1. The molecule has 6 nitrogen and oxygen atoms in total. The number of rotatable bonds is 2. The minimum atomic E-state index is 0.297. The molecule has 22 heavy (non-hydrogen) atoms. The second kappa shape index (κ2) is 5.64. The molecule has 4 heterocycles. The van der Waals surface area contributed by atoms with E-state index in [1.165, 1.54) is 0 Å². The van der Waals surface area contributed by atoms with Crippen LogP contribution in [0.2, 0.25) is 0 Å². The summed E-state index contributed by atoms with van der Waals surface area (Å²) < 4.78 is 16.7. The molecular weight excluding hydrogens is 302 g/mol. The SMILES string of the molecule is Cc1cc2c(cn1)OCC(Cc1cc3c(nn1)OCCO3)S2.